The van der Waals surface area contributed by atoms with E-state index < -0.39 is 4.92 Å². The summed E-state index contributed by atoms with van der Waals surface area (Å²) >= 11 is 11.5. The van der Waals surface area contributed by atoms with E-state index in [1.54, 1.807) is 6.07 Å². The molecule has 0 fully saturated rings. The van der Waals surface area contributed by atoms with Crippen LogP contribution in [0.5, 0.6) is 0 Å². The lowest BCUT2D eigenvalue weighted by atomic mass is 10.1. The lowest BCUT2D eigenvalue weighted by Crippen LogP contribution is -1.88. The molecule has 1 aromatic carbocycles. The summed E-state index contributed by atoms with van der Waals surface area (Å²) in [4.78, 5) is 13.9. The molecule has 0 atom stereocenters. The predicted octanol–water partition coefficient (Wildman–Crippen LogP) is 3.45. The van der Waals surface area contributed by atoms with Gasteiger partial charge in [-0.05, 0) is 17.5 Å². The average Bonchev–Trinajstić information content (AvgIpc) is 2.16. The van der Waals surface area contributed by atoms with Crippen LogP contribution in [-0.2, 0) is 0 Å². The Morgan fingerprint density at radius 1 is 1.27 bits per heavy atom. The third-order valence-electron chi connectivity index (χ3n) is 1.95. The lowest BCUT2D eigenvalue weighted by molar-refractivity contribution is -0.384. The monoisotopic (exact) mass is 242 g/mol. The molecule has 0 spiro atoms. The molecule has 2 rings (SSSR count). The van der Waals surface area contributed by atoms with Gasteiger partial charge in [-0.2, -0.15) is 0 Å². The molecule has 76 valence electrons. The minimum atomic E-state index is -0.471. The molecule has 2 aromatic rings. The maximum Gasteiger partial charge on any atom is 0.270 e. The van der Waals surface area contributed by atoms with Gasteiger partial charge < -0.3 is 0 Å². The van der Waals surface area contributed by atoms with Gasteiger partial charge in [-0.3, -0.25) is 10.1 Å². The third kappa shape index (κ3) is 1.86. The summed E-state index contributed by atoms with van der Waals surface area (Å²) in [5.74, 6) is 0. The van der Waals surface area contributed by atoms with Crippen molar-refractivity contribution in [2.24, 2.45) is 0 Å². The predicted molar refractivity (Wildman–Crippen MR) is 58.4 cm³/mol. The normalized spacial score (nSPS) is 10.5. The molecule has 0 saturated carbocycles. The highest BCUT2D eigenvalue weighted by atomic mass is 35.5. The van der Waals surface area contributed by atoms with Gasteiger partial charge in [0.05, 0.1) is 4.92 Å². The van der Waals surface area contributed by atoms with E-state index >= 15 is 0 Å². The second-order valence-corrected chi connectivity index (χ2v) is 3.64. The van der Waals surface area contributed by atoms with E-state index in [2.05, 4.69) is 4.98 Å². The van der Waals surface area contributed by atoms with Crippen LogP contribution < -0.4 is 0 Å². The number of pyridine rings is 1. The van der Waals surface area contributed by atoms with Crippen LogP contribution in [-0.4, -0.2) is 9.91 Å². The van der Waals surface area contributed by atoms with Crippen LogP contribution in [0, 0.1) is 10.1 Å². The Morgan fingerprint density at radius 2 is 2.00 bits per heavy atom. The van der Waals surface area contributed by atoms with Crippen molar-refractivity contribution >= 4 is 39.7 Å². The first-order valence-corrected chi connectivity index (χ1v) is 4.74. The Bertz CT molecular complexity index is 557. The molecule has 0 aliphatic heterocycles. The molecule has 0 aliphatic carbocycles. The number of aromatic nitrogens is 1. The number of non-ortho nitro benzene ring substituents is 1. The van der Waals surface area contributed by atoms with Gasteiger partial charge in [-0.15, -0.1) is 0 Å². The number of halogens is 2. The van der Waals surface area contributed by atoms with Crippen LogP contribution in [0.4, 0.5) is 5.69 Å². The smallest absolute Gasteiger partial charge is 0.258 e. The molecule has 0 aliphatic rings. The molecule has 0 amide bonds. The Kier molecular flexibility index (Phi) is 2.46. The molecule has 0 unspecified atom stereocenters. The average molecular weight is 243 g/mol. The summed E-state index contributed by atoms with van der Waals surface area (Å²) in [6.45, 7) is 0. The Morgan fingerprint density at radius 3 is 2.67 bits per heavy atom. The fraction of sp³-hybridized carbons (Fsp3) is 0. The Labute approximate surface area is 94.6 Å². The highest BCUT2D eigenvalue weighted by Crippen LogP contribution is 2.27. The van der Waals surface area contributed by atoms with Crippen molar-refractivity contribution < 1.29 is 4.92 Å². The van der Waals surface area contributed by atoms with E-state index in [0.717, 1.165) is 0 Å². The number of nitro benzene ring substituents is 1. The summed E-state index contributed by atoms with van der Waals surface area (Å²) in [6, 6.07) is 5.88. The summed E-state index contributed by atoms with van der Waals surface area (Å²) in [5.41, 5.74) is 0.000772. The van der Waals surface area contributed by atoms with Gasteiger partial charge in [-0.25, -0.2) is 4.98 Å². The lowest BCUT2D eigenvalue weighted by Gasteiger charge is -2.00. The topological polar surface area (TPSA) is 56.0 Å². The van der Waals surface area contributed by atoms with Crippen molar-refractivity contribution in [1.29, 1.82) is 0 Å². The molecular formula is C9H4Cl2N2O2. The first-order valence-electron chi connectivity index (χ1n) is 3.98. The van der Waals surface area contributed by atoms with Crippen molar-refractivity contribution in [3.05, 3.63) is 44.7 Å². The van der Waals surface area contributed by atoms with Crippen molar-refractivity contribution in [3.63, 3.8) is 0 Å². The summed E-state index contributed by atoms with van der Waals surface area (Å²) < 4.78 is 0. The van der Waals surface area contributed by atoms with E-state index in [0.29, 0.717) is 10.8 Å². The van der Waals surface area contributed by atoms with Gasteiger partial charge in [0.25, 0.3) is 5.69 Å². The number of fused-ring (bicyclic) bond motifs is 1. The van der Waals surface area contributed by atoms with E-state index in [4.69, 9.17) is 23.2 Å². The molecule has 1 aromatic heterocycles. The highest BCUT2D eigenvalue weighted by molar-refractivity contribution is 6.36. The van der Waals surface area contributed by atoms with Crippen LogP contribution in [0.2, 0.25) is 10.3 Å². The van der Waals surface area contributed by atoms with E-state index in [1.165, 1.54) is 18.2 Å². The number of hydrogen-bond donors (Lipinski definition) is 0. The fourth-order valence-corrected chi connectivity index (χ4v) is 1.79. The van der Waals surface area contributed by atoms with Crippen molar-refractivity contribution in [2.45, 2.75) is 0 Å². The highest BCUT2D eigenvalue weighted by Gasteiger charge is 2.09. The van der Waals surface area contributed by atoms with Crippen LogP contribution in [0.3, 0.4) is 0 Å². The van der Waals surface area contributed by atoms with Crippen LogP contribution in [0.1, 0.15) is 0 Å². The quantitative estimate of drug-likeness (QED) is 0.437. The second-order valence-electron chi connectivity index (χ2n) is 2.90. The van der Waals surface area contributed by atoms with Crippen molar-refractivity contribution in [2.75, 3.05) is 0 Å². The van der Waals surface area contributed by atoms with Crippen molar-refractivity contribution in [1.82, 2.24) is 4.98 Å². The summed E-state index contributed by atoms with van der Waals surface area (Å²) in [6.07, 6.45) is 0. The van der Waals surface area contributed by atoms with Crippen LogP contribution in [0.25, 0.3) is 10.8 Å². The minimum Gasteiger partial charge on any atom is -0.258 e. The summed E-state index contributed by atoms with van der Waals surface area (Å²) in [7, 11) is 0. The zero-order chi connectivity index (χ0) is 11.0. The molecule has 0 N–H and O–H groups in total. The standard InChI is InChI=1S/C9H4Cl2N2O2/c10-8-4-5-3-6(13(14)15)1-2-7(5)9(11)12-8/h1-4H. The summed E-state index contributed by atoms with van der Waals surface area (Å²) in [5, 5.41) is 12.2. The van der Waals surface area contributed by atoms with Gasteiger partial charge in [0.15, 0.2) is 0 Å². The molecule has 0 radical (unpaired) electrons. The van der Waals surface area contributed by atoms with E-state index in [1.807, 2.05) is 0 Å². The molecule has 4 nitrogen and oxygen atoms in total. The third-order valence-corrected chi connectivity index (χ3v) is 2.43. The Hall–Kier alpha value is -1.39. The Balaban J connectivity index is 2.76. The van der Waals surface area contributed by atoms with E-state index in [-0.39, 0.29) is 16.0 Å². The molecule has 0 bridgehead atoms. The van der Waals surface area contributed by atoms with Gasteiger partial charge in [0.2, 0.25) is 0 Å². The first-order chi connectivity index (χ1) is 7.08. The maximum absolute atomic E-state index is 10.5. The van der Waals surface area contributed by atoms with Gasteiger partial charge in [-0.1, -0.05) is 23.2 Å². The minimum absolute atomic E-state index is 0.000772. The molecule has 0 saturated heterocycles. The zero-order valence-electron chi connectivity index (χ0n) is 7.28. The van der Waals surface area contributed by atoms with Gasteiger partial charge >= 0.3 is 0 Å². The first kappa shape index (κ1) is 10.1. The fourth-order valence-electron chi connectivity index (χ4n) is 1.29. The van der Waals surface area contributed by atoms with Crippen LogP contribution >= 0.6 is 23.2 Å². The molecule has 15 heavy (non-hydrogen) atoms. The zero-order valence-corrected chi connectivity index (χ0v) is 8.79. The molecular weight excluding hydrogens is 239 g/mol. The van der Waals surface area contributed by atoms with Crippen LogP contribution in [0.15, 0.2) is 24.3 Å². The number of nitrogens with zero attached hydrogens (tertiary/aromatic N) is 2. The second kappa shape index (κ2) is 3.64. The van der Waals surface area contributed by atoms with Gasteiger partial charge in [0, 0.05) is 17.5 Å². The van der Waals surface area contributed by atoms with Gasteiger partial charge in [0.1, 0.15) is 10.3 Å². The number of nitro groups is 1. The van der Waals surface area contributed by atoms with Crippen molar-refractivity contribution in [3.8, 4) is 0 Å². The SMILES string of the molecule is O=[N+]([O-])c1ccc2c(Cl)nc(Cl)cc2c1. The molecule has 1 heterocycles. The van der Waals surface area contributed by atoms with E-state index in [9.17, 15) is 10.1 Å². The number of rotatable bonds is 1. The largest absolute Gasteiger partial charge is 0.270 e. The number of benzene rings is 1. The number of hydrogen-bond acceptors (Lipinski definition) is 3. The maximum atomic E-state index is 10.5. The molecule has 6 heteroatoms.